The van der Waals surface area contributed by atoms with E-state index in [0.717, 1.165) is 25.0 Å². The predicted octanol–water partition coefficient (Wildman–Crippen LogP) is 5.01. The maximum absolute atomic E-state index is 12.8. The number of aryl methyl sites for hydroxylation is 1. The zero-order chi connectivity index (χ0) is 29.6. The van der Waals surface area contributed by atoms with Crippen LogP contribution in [0.15, 0.2) is 79.4 Å². The van der Waals surface area contributed by atoms with Crippen LogP contribution in [0.3, 0.4) is 0 Å². The van der Waals surface area contributed by atoms with E-state index in [1.165, 1.54) is 73.0 Å². The minimum atomic E-state index is -0.491. The Labute approximate surface area is 232 Å². The van der Waals surface area contributed by atoms with Crippen LogP contribution < -0.4 is 15.8 Å². The minimum Gasteiger partial charge on any atom is -0.457 e. The number of amides is 1. The Hall–Kier alpha value is -4.51. The summed E-state index contributed by atoms with van der Waals surface area (Å²) in [5, 5.41) is 6.83. The van der Waals surface area contributed by atoms with Crippen molar-refractivity contribution in [2.75, 3.05) is 13.6 Å². The van der Waals surface area contributed by atoms with Crippen LogP contribution in [0.1, 0.15) is 24.0 Å². The molecule has 4 aromatic rings. The normalized spacial score (nSPS) is 9.53. The summed E-state index contributed by atoms with van der Waals surface area (Å²) in [5.41, 5.74) is 5.56. The first-order valence-corrected chi connectivity index (χ1v) is 12.3. The molecule has 4 rings (SSSR count). The number of nitrogens with one attached hydrogen (secondary N) is 1. The summed E-state index contributed by atoms with van der Waals surface area (Å²) in [4.78, 5) is 22.0. The molecule has 0 bridgehead atoms. The van der Waals surface area contributed by atoms with Crippen molar-refractivity contribution >= 4 is 12.7 Å². The molecule has 1 aromatic heterocycles. The molecular formula is C29H34F3N5O3. The van der Waals surface area contributed by atoms with Gasteiger partial charge < -0.3 is 20.6 Å². The summed E-state index contributed by atoms with van der Waals surface area (Å²) in [6, 6.07) is 17.9. The van der Waals surface area contributed by atoms with E-state index in [-0.39, 0.29) is 17.8 Å². The van der Waals surface area contributed by atoms with Crippen molar-refractivity contribution in [2.45, 2.75) is 32.7 Å². The number of primary amides is 1. The van der Waals surface area contributed by atoms with Crippen LogP contribution in [-0.4, -0.2) is 41.1 Å². The molecule has 0 saturated heterocycles. The summed E-state index contributed by atoms with van der Waals surface area (Å²) in [7, 11) is 1.97. The number of hydrogen-bond donors (Lipinski definition) is 2. The summed E-state index contributed by atoms with van der Waals surface area (Å²) in [5.74, 6) is 0.183. The molecule has 0 radical (unpaired) electrons. The van der Waals surface area contributed by atoms with E-state index in [4.69, 9.17) is 9.53 Å². The topological polar surface area (TPSA) is 112 Å². The maximum Gasteiger partial charge on any atom is 0.204 e. The Bertz CT molecular complexity index is 1200. The molecule has 214 valence electrons. The third kappa shape index (κ3) is 14.4. The SMILES string of the molecule is CNCCCCc1ccc(Oc2ccc(F)cc2)cc1.Cc1c(F)cccc1F.NC=O.O=CCn1cncn1. The molecular weight excluding hydrogens is 523 g/mol. The Morgan fingerprint density at radius 3 is 1.98 bits per heavy atom. The maximum atomic E-state index is 12.8. The number of aldehydes is 1. The molecule has 0 aliphatic rings. The Morgan fingerprint density at radius 1 is 0.925 bits per heavy atom. The van der Waals surface area contributed by atoms with Gasteiger partial charge in [0.15, 0.2) is 0 Å². The number of unbranched alkanes of at least 4 members (excludes halogenated alkanes) is 1. The van der Waals surface area contributed by atoms with Gasteiger partial charge in [0.25, 0.3) is 0 Å². The monoisotopic (exact) mass is 557 g/mol. The lowest BCUT2D eigenvalue weighted by Crippen LogP contribution is -2.07. The third-order valence-electron chi connectivity index (χ3n) is 5.04. The van der Waals surface area contributed by atoms with Gasteiger partial charge in [-0.2, -0.15) is 5.10 Å². The van der Waals surface area contributed by atoms with Crippen LogP contribution in [0.25, 0.3) is 0 Å². The van der Waals surface area contributed by atoms with Crippen LogP contribution in [0.4, 0.5) is 13.2 Å². The van der Waals surface area contributed by atoms with Gasteiger partial charge in [-0.15, -0.1) is 0 Å². The molecule has 0 aliphatic carbocycles. The van der Waals surface area contributed by atoms with Crippen molar-refractivity contribution in [1.29, 1.82) is 0 Å². The lowest BCUT2D eigenvalue weighted by atomic mass is 10.1. The summed E-state index contributed by atoms with van der Waals surface area (Å²) in [6.45, 7) is 2.76. The minimum absolute atomic E-state index is 0.0810. The second-order valence-corrected chi connectivity index (χ2v) is 8.03. The Kier molecular flexibility index (Phi) is 17.1. The quantitative estimate of drug-likeness (QED) is 0.221. The first-order chi connectivity index (χ1) is 19.3. The van der Waals surface area contributed by atoms with Gasteiger partial charge in [0, 0.05) is 5.56 Å². The number of aromatic nitrogens is 3. The molecule has 3 N–H and O–H groups in total. The Morgan fingerprint density at radius 2 is 1.50 bits per heavy atom. The molecule has 0 saturated carbocycles. The standard InChI is InChI=1S/C17H20FNO.C7H6F2.C4H5N3O.CH3NO/c1-19-13-3-2-4-14-5-9-16(10-6-14)20-17-11-7-15(18)8-12-17;1-5-6(8)3-2-4-7(5)9;8-2-1-7-4-5-3-6-7;2-1-3/h5-12,19H,2-4,13H2,1H3;2-4H,1H3;2-4H,1H2;1H,(H2,2,3). The first-order valence-electron chi connectivity index (χ1n) is 12.3. The fraction of sp³-hybridized carbons (Fsp3) is 0.241. The van der Waals surface area contributed by atoms with E-state index < -0.39 is 11.6 Å². The highest BCUT2D eigenvalue weighted by molar-refractivity contribution is 5.48. The number of rotatable bonds is 9. The second-order valence-electron chi connectivity index (χ2n) is 8.03. The Balaban J connectivity index is 0.000000329. The molecule has 0 spiro atoms. The first kappa shape index (κ1) is 33.5. The van der Waals surface area contributed by atoms with Crippen molar-refractivity contribution < 1.29 is 27.5 Å². The molecule has 0 unspecified atom stereocenters. The van der Waals surface area contributed by atoms with Gasteiger partial charge in [-0.3, -0.25) is 4.79 Å². The van der Waals surface area contributed by atoms with Crippen LogP contribution in [-0.2, 0) is 22.6 Å². The van der Waals surface area contributed by atoms with E-state index in [1.807, 2.05) is 19.2 Å². The third-order valence-corrected chi connectivity index (χ3v) is 5.04. The van der Waals surface area contributed by atoms with Crippen LogP contribution in [0.5, 0.6) is 11.5 Å². The van der Waals surface area contributed by atoms with E-state index in [1.54, 1.807) is 12.1 Å². The van der Waals surface area contributed by atoms with Gasteiger partial charge >= 0.3 is 0 Å². The summed E-state index contributed by atoms with van der Waals surface area (Å²) >= 11 is 0. The van der Waals surface area contributed by atoms with Crippen molar-refractivity contribution in [3.63, 3.8) is 0 Å². The fourth-order valence-electron chi connectivity index (χ4n) is 2.98. The molecule has 0 aliphatic heterocycles. The highest BCUT2D eigenvalue weighted by Crippen LogP contribution is 2.22. The average Bonchev–Trinajstić information content (AvgIpc) is 3.47. The number of nitrogens with zero attached hydrogens (tertiary/aromatic N) is 3. The summed E-state index contributed by atoms with van der Waals surface area (Å²) in [6.07, 6.45) is 7.36. The van der Waals surface area contributed by atoms with Gasteiger partial charge in [-0.1, -0.05) is 18.2 Å². The molecule has 0 atom stereocenters. The molecule has 1 heterocycles. The van der Waals surface area contributed by atoms with E-state index in [9.17, 15) is 18.0 Å². The van der Waals surface area contributed by atoms with E-state index >= 15 is 0 Å². The number of hydrogen-bond acceptors (Lipinski definition) is 6. The van der Waals surface area contributed by atoms with E-state index in [2.05, 4.69) is 33.3 Å². The molecule has 40 heavy (non-hydrogen) atoms. The number of ether oxygens (including phenoxy) is 1. The molecule has 8 nitrogen and oxygen atoms in total. The fourth-order valence-corrected chi connectivity index (χ4v) is 2.98. The number of nitrogens with two attached hydrogens (primary N) is 1. The molecule has 3 aromatic carbocycles. The highest BCUT2D eigenvalue weighted by atomic mass is 19.1. The van der Waals surface area contributed by atoms with Crippen molar-refractivity contribution in [3.05, 3.63) is 108 Å². The molecule has 1 amide bonds. The van der Waals surface area contributed by atoms with Crippen LogP contribution in [0.2, 0.25) is 0 Å². The van der Waals surface area contributed by atoms with Gasteiger partial charge in [0.2, 0.25) is 6.41 Å². The lowest BCUT2D eigenvalue weighted by Gasteiger charge is -2.07. The van der Waals surface area contributed by atoms with Gasteiger partial charge in [0.1, 0.15) is 47.9 Å². The second kappa shape index (κ2) is 20.5. The van der Waals surface area contributed by atoms with Gasteiger partial charge in [-0.05, 0) is 93.9 Å². The van der Waals surface area contributed by atoms with E-state index in [0.29, 0.717) is 12.3 Å². The lowest BCUT2D eigenvalue weighted by molar-refractivity contribution is -0.108. The zero-order valence-electron chi connectivity index (χ0n) is 22.5. The van der Waals surface area contributed by atoms with Gasteiger partial charge in [0.05, 0.1) is 6.54 Å². The van der Waals surface area contributed by atoms with Crippen molar-refractivity contribution in [3.8, 4) is 11.5 Å². The highest BCUT2D eigenvalue weighted by Gasteiger charge is 2.00. The molecule has 11 heteroatoms. The zero-order valence-corrected chi connectivity index (χ0v) is 22.5. The largest absolute Gasteiger partial charge is 0.457 e. The number of carbonyl (C=O) groups is 2. The molecule has 0 fully saturated rings. The summed E-state index contributed by atoms with van der Waals surface area (Å²) < 4.78 is 44.6. The van der Waals surface area contributed by atoms with Crippen molar-refractivity contribution in [1.82, 2.24) is 20.1 Å². The van der Waals surface area contributed by atoms with Crippen LogP contribution >= 0.6 is 0 Å². The number of carbonyl (C=O) groups excluding carboxylic acids is 2. The average molecular weight is 558 g/mol. The smallest absolute Gasteiger partial charge is 0.204 e. The van der Waals surface area contributed by atoms with Gasteiger partial charge in [-0.25, -0.2) is 22.8 Å². The van der Waals surface area contributed by atoms with Crippen molar-refractivity contribution in [2.24, 2.45) is 5.73 Å². The number of halogens is 3. The van der Waals surface area contributed by atoms with Crippen LogP contribution in [0, 0.1) is 24.4 Å². The predicted molar refractivity (Wildman–Crippen MR) is 147 cm³/mol. The number of benzene rings is 3.